The van der Waals surface area contributed by atoms with Crippen molar-refractivity contribution < 1.29 is 33.0 Å². The van der Waals surface area contributed by atoms with Crippen LogP contribution in [-0.4, -0.2) is 53.2 Å². The van der Waals surface area contributed by atoms with Crippen LogP contribution in [0.15, 0.2) is 36.4 Å². The number of aliphatic carboxylic acids is 1. The first-order valence-corrected chi connectivity index (χ1v) is 13.6. The third kappa shape index (κ3) is 7.40. The van der Waals surface area contributed by atoms with Gasteiger partial charge in [-0.1, -0.05) is 29.8 Å². The molecule has 2 aromatic rings. The molecule has 39 heavy (non-hydrogen) atoms. The van der Waals surface area contributed by atoms with Crippen LogP contribution < -0.4 is 14.8 Å². The van der Waals surface area contributed by atoms with Gasteiger partial charge in [0, 0.05) is 24.9 Å². The summed E-state index contributed by atoms with van der Waals surface area (Å²) in [6.07, 6.45) is 0.410. The molecule has 0 heterocycles. The number of nitrogens with zero attached hydrogens (tertiary/aromatic N) is 1. The molecule has 0 radical (unpaired) electrons. The quantitative estimate of drug-likeness (QED) is 0.282. The van der Waals surface area contributed by atoms with Crippen LogP contribution in [0.3, 0.4) is 0 Å². The Morgan fingerprint density at radius 1 is 1.05 bits per heavy atom. The molecule has 1 aliphatic carbocycles. The van der Waals surface area contributed by atoms with Gasteiger partial charge in [-0.05, 0) is 77.1 Å². The Bertz CT molecular complexity index is 1130. The molecule has 0 bridgehead atoms. The van der Waals surface area contributed by atoms with E-state index in [-0.39, 0.29) is 0 Å². The maximum Gasteiger partial charge on any atom is 0.329 e. The van der Waals surface area contributed by atoms with E-state index in [4.69, 9.17) is 9.47 Å². The summed E-state index contributed by atoms with van der Waals surface area (Å²) < 4.78 is 39.1. The number of carbonyl (C=O) groups is 2. The van der Waals surface area contributed by atoms with E-state index in [1.807, 2.05) is 58.9 Å². The summed E-state index contributed by atoms with van der Waals surface area (Å²) in [6, 6.07) is 10.7. The molecule has 2 amide bonds. The average Bonchev–Trinajstić information content (AvgIpc) is 2.84. The molecule has 1 aliphatic rings. The number of amides is 2. The summed E-state index contributed by atoms with van der Waals surface area (Å²) in [5.74, 6) is -3.32. The lowest BCUT2D eigenvalue weighted by molar-refractivity contribution is -0.175. The molecule has 3 rings (SSSR count). The highest BCUT2D eigenvalue weighted by Gasteiger charge is 2.62. The molecule has 7 nitrogen and oxygen atoms in total. The fourth-order valence-corrected chi connectivity index (χ4v) is 5.07. The van der Waals surface area contributed by atoms with Crippen LogP contribution >= 0.6 is 0 Å². The Balaban J connectivity index is 1.85. The van der Waals surface area contributed by atoms with Crippen molar-refractivity contribution >= 4 is 12.0 Å². The number of carboxylic acid groups (broad SMARTS) is 1. The third-order valence-electron chi connectivity index (χ3n) is 7.22. The van der Waals surface area contributed by atoms with E-state index in [2.05, 4.69) is 17.4 Å². The standard InChI is InChI=1S/C30H40F2N2O5/c1-6-38-25-16-24(17-26(21(25)4)39-7-2)22(5)34(14-9-8-12-23-13-10-11-20(3)15-23)28(37)33-29(27(35)36)18-30(31,32)19-29/h10-11,13,15-17,22H,6-9,12,14,18-19H2,1-5H3,(H,33,37)(H,35,36)/t22-/m1/s1. The van der Waals surface area contributed by atoms with Crippen LogP contribution in [0.1, 0.15) is 74.8 Å². The second-order valence-corrected chi connectivity index (χ2v) is 10.4. The maximum absolute atomic E-state index is 13.7. The first-order chi connectivity index (χ1) is 18.4. The van der Waals surface area contributed by atoms with Gasteiger partial charge in [-0.2, -0.15) is 0 Å². The van der Waals surface area contributed by atoms with Crippen LogP contribution in [0.4, 0.5) is 13.6 Å². The molecule has 0 aromatic heterocycles. The van der Waals surface area contributed by atoms with Gasteiger partial charge in [0.15, 0.2) is 5.54 Å². The fraction of sp³-hybridized carbons (Fsp3) is 0.533. The Hall–Kier alpha value is -3.36. The fourth-order valence-electron chi connectivity index (χ4n) is 5.07. The summed E-state index contributed by atoms with van der Waals surface area (Å²) in [5.41, 5.74) is 1.96. The highest BCUT2D eigenvalue weighted by atomic mass is 19.3. The van der Waals surface area contributed by atoms with Crippen LogP contribution in [-0.2, 0) is 11.2 Å². The van der Waals surface area contributed by atoms with Gasteiger partial charge in [0.25, 0.3) is 5.92 Å². The molecule has 1 atom stereocenters. The lowest BCUT2D eigenvalue weighted by atomic mass is 9.73. The summed E-state index contributed by atoms with van der Waals surface area (Å²) in [4.78, 5) is 26.9. The zero-order valence-corrected chi connectivity index (χ0v) is 23.5. The second-order valence-electron chi connectivity index (χ2n) is 10.4. The minimum absolute atomic E-state index is 0.312. The number of carboxylic acids is 1. The number of urea groups is 1. The number of alkyl halides is 2. The van der Waals surface area contributed by atoms with E-state index in [0.717, 1.165) is 24.0 Å². The number of nitrogens with one attached hydrogen (secondary N) is 1. The van der Waals surface area contributed by atoms with Gasteiger partial charge < -0.3 is 24.8 Å². The average molecular weight is 547 g/mol. The minimum Gasteiger partial charge on any atom is -0.493 e. The van der Waals surface area contributed by atoms with Crippen LogP contribution in [0.2, 0.25) is 0 Å². The molecule has 0 unspecified atom stereocenters. The van der Waals surface area contributed by atoms with Crippen molar-refractivity contribution in [3.05, 3.63) is 58.7 Å². The van der Waals surface area contributed by atoms with E-state index in [1.54, 1.807) is 0 Å². The Labute approximate surface area is 229 Å². The lowest BCUT2D eigenvalue weighted by Gasteiger charge is -2.45. The number of benzene rings is 2. The molecule has 1 fully saturated rings. The van der Waals surface area contributed by atoms with Crippen molar-refractivity contribution in [1.82, 2.24) is 10.2 Å². The smallest absolute Gasteiger partial charge is 0.329 e. The van der Waals surface area contributed by atoms with Gasteiger partial charge in [-0.3, -0.25) is 0 Å². The number of carbonyl (C=O) groups excluding carboxylic acids is 1. The summed E-state index contributed by atoms with van der Waals surface area (Å²) in [5, 5.41) is 12.1. The van der Waals surface area contributed by atoms with Crippen LogP contribution in [0, 0.1) is 13.8 Å². The molecule has 214 valence electrons. The minimum atomic E-state index is -3.12. The van der Waals surface area contributed by atoms with Gasteiger partial charge >= 0.3 is 12.0 Å². The van der Waals surface area contributed by atoms with Crippen molar-refractivity contribution in [1.29, 1.82) is 0 Å². The van der Waals surface area contributed by atoms with Gasteiger partial charge in [-0.25, -0.2) is 18.4 Å². The number of hydrogen-bond acceptors (Lipinski definition) is 4. The number of rotatable bonds is 13. The largest absolute Gasteiger partial charge is 0.493 e. The third-order valence-corrected chi connectivity index (χ3v) is 7.22. The van der Waals surface area contributed by atoms with Crippen molar-refractivity contribution in [3.8, 4) is 11.5 Å². The maximum atomic E-state index is 13.7. The first kappa shape index (κ1) is 30.2. The van der Waals surface area contributed by atoms with E-state index >= 15 is 0 Å². The Morgan fingerprint density at radius 2 is 1.67 bits per heavy atom. The lowest BCUT2D eigenvalue weighted by Crippen LogP contribution is -2.68. The van der Waals surface area contributed by atoms with Crippen LogP contribution in [0.25, 0.3) is 0 Å². The van der Waals surface area contributed by atoms with Crippen molar-refractivity contribution in [2.75, 3.05) is 19.8 Å². The van der Waals surface area contributed by atoms with Crippen LogP contribution in [0.5, 0.6) is 11.5 Å². The van der Waals surface area contributed by atoms with E-state index < -0.39 is 42.3 Å². The molecule has 2 aromatic carbocycles. The monoisotopic (exact) mass is 546 g/mol. The highest BCUT2D eigenvalue weighted by molar-refractivity contribution is 5.88. The topological polar surface area (TPSA) is 88.1 Å². The zero-order valence-electron chi connectivity index (χ0n) is 23.5. The predicted molar refractivity (Wildman–Crippen MR) is 146 cm³/mol. The molecule has 1 saturated carbocycles. The number of aryl methyl sites for hydroxylation is 2. The Morgan fingerprint density at radius 3 is 2.18 bits per heavy atom. The summed E-state index contributed by atoms with van der Waals surface area (Å²) >= 11 is 0. The van der Waals surface area contributed by atoms with Gasteiger partial charge in [0.2, 0.25) is 0 Å². The predicted octanol–water partition coefficient (Wildman–Crippen LogP) is 6.45. The van der Waals surface area contributed by atoms with Crippen molar-refractivity contribution in [2.45, 2.75) is 84.2 Å². The van der Waals surface area contributed by atoms with Gasteiger partial charge in [0.1, 0.15) is 11.5 Å². The normalized spacial score (nSPS) is 16.1. The van der Waals surface area contributed by atoms with Gasteiger partial charge in [-0.15, -0.1) is 0 Å². The van der Waals surface area contributed by atoms with E-state index in [1.165, 1.54) is 16.0 Å². The zero-order chi connectivity index (χ0) is 28.8. The number of ether oxygens (including phenoxy) is 2. The van der Waals surface area contributed by atoms with Gasteiger partial charge in [0.05, 0.1) is 19.3 Å². The molecule has 9 heteroatoms. The Kier molecular flexibility index (Phi) is 9.80. The molecule has 0 spiro atoms. The van der Waals surface area contributed by atoms with Crippen molar-refractivity contribution in [3.63, 3.8) is 0 Å². The number of unbranched alkanes of at least 4 members (excludes halogenated alkanes) is 1. The number of hydrogen-bond donors (Lipinski definition) is 2. The molecular weight excluding hydrogens is 506 g/mol. The second kappa shape index (κ2) is 12.7. The molecule has 0 saturated heterocycles. The molecule has 2 N–H and O–H groups in total. The highest BCUT2D eigenvalue weighted by Crippen LogP contribution is 2.46. The SMILES string of the molecule is CCOc1cc([C@@H](C)N(CCCCc2cccc(C)c2)C(=O)NC2(C(=O)O)CC(F)(F)C2)cc(OCC)c1C. The first-order valence-electron chi connectivity index (χ1n) is 13.6. The molecular formula is C30H40F2N2O5. The van der Waals surface area contributed by atoms with E-state index in [0.29, 0.717) is 37.7 Å². The van der Waals surface area contributed by atoms with Crippen molar-refractivity contribution in [2.24, 2.45) is 0 Å². The summed E-state index contributed by atoms with van der Waals surface area (Å²) in [6.45, 7) is 10.7. The number of halogens is 2. The summed E-state index contributed by atoms with van der Waals surface area (Å²) in [7, 11) is 0. The molecule has 0 aliphatic heterocycles. The van der Waals surface area contributed by atoms with E-state index in [9.17, 15) is 23.5 Å².